The maximum atomic E-state index is 5.91. The molecule has 1 saturated carbocycles. The monoisotopic (exact) mass is 235 g/mol. The number of terminal acetylenes is 1. The Hall–Kier alpha value is -0.520. The Bertz CT molecular complexity index is 305. The quantitative estimate of drug-likeness (QED) is 0.756. The number of fused-ring (bicyclic) bond motifs is 1. The van der Waals surface area contributed by atoms with Gasteiger partial charge in [0.1, 0.15) is 0 Å². The summed E-state index contributed by atoms with van der Waals surface area (Å²) in [4.78, 5) is 0. The van der Waals surface area contributed by atoms with Gasteiger partial charge in [0.05, 0.1) is 12.1 Å². The van der Waals surface area contributed by atoms with Gasteiger partial charge in [0, 0.05) is 24.0 Å². The van der Waals surface area contributed by atoms with Gasteiger partial charge < -0.3 is 4.74 Å². The molecule has 2 nitrogen and oxygen atoms in total. The van der Waals surface area contributed by atoms with Crippen LogP contribution in [0.2, 0.25) is 0 Å². The third kappa shape index (κ3) is 2.23. The van der Waals surface area contributed by atoms with Gasteiger partial charge in [-0.2, -0.15) is 0 Å². The Labute approximate surface area is 105 Å². The minimum atomic E-state index is 0.229. The van der Waals surface area contributed by atoms with Crippen LogP contribution < -0.4 is 5.32 Å². The van der Waals surface area contributed by atoms with Gasteiger partial charge in [-0.25, -0.2) is 0 Å². The molecule has 96 valence electrons. The Kier molecular flexibility index (Phi) is 3.80. The second-order valence-electron chi connectivity index (χ2n) is 6.07. The first-order chi connectivity index (χ1) is 8.11. The molecule has 1 saturated heterocycles. The molecule has 2 fully saturated rings. The number of ether oxygens (including phenoxy) is 1. The van der Waals surface area contributed by atoms with Crippen molar-refractivity contribution in [3.63, 3.8) is 0 Å². The minimum absolute atomic E-state index is 0.229. The molecular formula is C15H25NO. The van der Waals surface area contributed by atoms with Gasteiger partial charge in [0.25, 0.3) is 0 Å². The van der Waals surface area contributed by atoms with E-state index in [4.69, 9.17) is 11.2 Å². The Morgan fingerprint density at radius 1 is 1.53 bits per heavy atom. The summed E-state index contributed by atoms with van der Waals surface area (Å²) in [6, 6.07) is 0.757. The van der Waals surface area contributed by atoms with E-state index in [1.807, 2.05) is 0 Å². The second kappa shape index (κ2) is 5.00. The summed E-state index contributed by atoms with van der Waals surface area (Å²) < 4.78 is 5.91. The van der Waals surface area contributed by atoms with E-state index in [9.17, 15) is 0 Å². The van der Waals surface area contributed by atoms with E-state index in [-0.39, 0.29) is 11.5 Å². The van der Waals surface area contributed by atoms with Gasteiger partial charge in [0.15, 0.2) is 0 Å². The summed E-state index contributed by atoms with van der Waals surface area (Å²) in [5, 5.41) is 3.68. The summed E-state index contributed by atoms with van der Waals surface area (Å²) in [5.74, 6) is 3.56. The van der Waals surface area contributed by atoms with Gasteiger partial charge in [-0.15, -0.1) is 6.42 Å². The molecule has 2 heteroatoms. The maximum absolute atomic E-state index is 5.91. The predicted molar refractivity (Wildman–Crippen MR) is 70.7 cm³/mol. The summed E-state index contributed by atoms with van der Waals surface area (Å²) in [7, 11) is 0. The molecule has 0 radical (unpaired) electrons. The van der Waals surface area contributed by atoms with Gasteiger partial charge in [-0.3, -0.25) is 5.32 Å². The summed E-state index contributed by atoms with van der Waals surface area (Å²) in [6.45, 7) is 7.72. The highest BCUT2D eigenvalue weighted by atomic mass is 16.5. The van der Waals surface area contributed by atoms with Crippen LogP contribution in [0.15, 0.2) is 0 Å². The van der Waals surface area contributed by atoms with Crippen molar-refractivity contribution in [2.45, 2.75) is 64.6 Å². The van der Waals surface area contributed by atoms with Crippen molar-refractivity contribution in [1.82, 2.24) is 5.32 Å². The fraction of sp³-hybridized carbons (Fsp3) is 0.867. The van der Waals surface area contributed by atoms with E-state index >= 15 is 0 Å². The van der Waals surface area contributed by atoms with Crippen LogP contribution in [0.5, 0.6) is 0 Å². The normalized spacial score (nSPS) is 36.5. The van der Waals surface area contributed by atoms with Crippen LogP contribution in [0.4, 0.5) is 0 Å². The molecule has 0 bridgehead atoms. The molecule has 0 aromatic carbocycles. The van der Waals surface area contributed by atoms with Gasteiger partial charge in [-0.1, -0.05) is 33.1 Å². The SMILES string of the molecule is C#CC(CCC)NC1C2CCCOC2C1(C)C. The first kappa shape index (κ1) is 12.9. The standard InChI is InChI=1S/C15H25NO/c1-5-8-11(6-2)16-13-12-9-7-10-17-14(12)15(13,3)4/h2,11-14,16H,5,7-10H2,1,3-4H3. The Morgan fingerprint density at radius 2 is 2.29 bits per heavy atom. The average molecular weight is 235 g/mol. The van der Waals surface area contributed by atoms with E-state index in [0.717, 1.165) is 19.4 Å². The van der Waals surface area contributed by atoms with Crippen molar-refractivity contribution in [3.8, 4) is 12.3 Å². The zero-order chi connectivity index (χ0) is 12.5. The average Bonchev–Trinajstić information content (AvgIpc) is 2.34. The van der Waals surface area contributed by atoms with Crippen molar-refractivity contribution in [2.75, 3.05) is 6.61 Å². The zero-order valence-electron chi connectivity index (χ0n) is 11.3. The van der Waals surface area contributed by atoms with E-state index in [0.29, 0.717) is 18.1 Å². The third-order valence-electron chi connectivity index (χ3n) is 4.49. The van der Waals surface area contributed by atoms with Crippen LogP contribution in [0, 0.1) is 23.7 Å². The van der Waals surface area contributed by atoms with Crippen molar-refractivity contribution in [3.05, 3.63) is 0 Å². The number of hydrogen-bond donors (Lipinski definition) is 1. The first-order valence-corrected chi connectivity index (χ1v) is 6.95. The number of rotatable bonds is 4. The lowest BCUT2D eigenvalue weighted by atomic mass is 9.55. The Balaban J connectivity index is 1.98. The molecule has 1 heterocycles. The molecule has 17 heavy (non-hydrogen) atoms. The van der Waals surface area contributed by atoms with Crippen molar-refractivity contribution in [1.29, 1.82) is 0 Å². The van der Waals surface area contributed by atoms with Crippen LogP contribution in [0.3, 0.4) is 0 Å². The van der Waals surface area contributed by atoms with Crippen LogP contribution in [0.25, 0.3) is 0 Å². The van der Waals surface area contributed by atoms with Crippen LogP contribution >= 0.6 is 0 Å². The lowest BCUT2D eigenvalue weighted by molar-refractivity contribution is -0.193. The molecular weight excluding hydrogens is 210 g/mol. The fourth-order valence-electron chi connectivity index (χ4n) is 3.58. The molecule has 0 spiro atoms. The highest BCUT2D eigenvalue weighted by molar-refractivity contribution is 5.13. The summed E-state index contributed by atoms with van der Waals surface area (Å²) in [6.07, 6.45) is 10.7. The molecule has 1 aliphatic heterocycles. The molecule has 2 aliphatic rings. The molecule has 0 aromatic rings. The van der Waals surface area contributed by atoms with Gasteiger partial charge in [0.2, 0.25) is 0 Å². The van der Waals surface area contributed by atoms with Crippen molar-refractivity contribution in [2.24, 2.45) is 11.3 Å². The number of hydrogen-bond acceptors (Lipinski definition) is 2. The molecule has 4 atom stereocenters. The van der Waals surface area contributed by atoms with E-state index in [2.05, 4.69) is 32.0 Å². The van der Waals surface area contributed by atoms with Crippen LogP contribution in [-0.4, -0.2) is 24.8 Å². The zero-order valence-corrected chi connectivity index (χ0v) is 11.3. The van der Waals surface area contributed by atoms with E-state index in [1.54, 1.807) is 0 Å². The highest BCUT2D eigenvalue weighted by Gasteiger charge is 2.57. The van der Waals surface area contributed by atoms with E-state index in [1.165, 1.54) is 12.8 Å². The molecule has 0 amide bonds. The molecule has 0 aromatic heterocycles. The second-order valence-corrected chi connectivity index (χ2v) is 6.07. The number of nitrogens with one attached hydrogen (secondary N) is 1. The summed E-state index contributed by atoms with van der Waals surface area (Å²) in [5.41, 5.74) is 0.230. The van der Waals surface area contributed by atoms with E-state index < -0.39 is 0 Å². The fourth-order valence-corrected chi connectivity index (χ4v) is 3.58. The van der Waals surface area contributed by atoms with Crippen LogP contribution in [0.1, 0.15) is 46.5 Å². The molecule has 1 N–H and O–H groups in total. The smallest absolute Gasteiger partial charge is 0.0689 e. The lowest BCUT2D eigenvalue weighted by Gasteiger charge is -2.60. The third-order valence-corrected chi connectivity index (χ3v) is 4.49. The minimum Gasteiger partial charge on any atom is -0.377 e. The molecule has 1 aliphatic carbocycles. The summed E-state index contributed by atoms with van der Waals surface area (Å²) >= 11 is 0. The van der Waals surface area contributed by atoms with Crippen LogP contribution in [-0.2, 0) is 4.74 Å². The topological polar surface area (TPSA) is 21.3 Å². The van der Waals surface area contributed by atoms with Crippen molar-refractivity contribution >= 4 is 0 Å². The maximum Gasteiger partial charge on any atom is 0.0689 e. The van der Waals surface area contributed by atoms with Gasteiger partial charge >= 0.3 is 0 Å². The van der Waals surface area contributed by atoms with Gasteiger partial charge in [-0.05, 0) is 19.3 Å². The molecule has 2 rings (SSSR count). The Morgan fingerprint density at radius 3 is 2.94 bits per heavy atom. The largest absolute Gasteiger partial charge is 0.377 e. The first-order valence-electron chi connectivity index (χ1n) is 6.95. The van der Waals surface area contributed by atoms with Crippen molar-refractivity contribution < 1.29 is 4.74 Å². The molecule has 4 unspecified atom stereocenters. The highest BCUT2D eigenvalue weighted by Crippen LogP contribution is 2.51. The lowest BCUT2D eigenvalue weighted by Crippen LogP contribution is -2.70. The predicted octanol–water partition coefficient (Wildman–Crippen LogP) is 2.58.